The molecule has 2 rings (SSSR count). The first-order valence-electron chi connectivity index (χ1n) is 4.36. The topological polar surface area (TPSA) is 39.9 Å². The van der Waals surface area contributed by atoms with E-state index in [0.29, 0.717) is 12.4 Å². The zero-order valence-corrected chi connectivity index (χ0v) is 7.92. The maximum absolute atomic E-state index is 4.94. The van der Waals surface area contributed by atoms with Crippen LogP contribution < -0.4 is 4.74 Å². The Hall–Kier alpha value is -1.84. The standard InChI is InChI=1S/C10H11N3O/c1-14-10-7-11-13(12-10)8-9-5-3-2-4-6-9/h2-7H,8H2,1H3. The molecule has 4 heteroatoms. The fourth-order valence-electron chi connectivity index (χ4n) is 1.20. The third kappa shape index (κ3) is 1.90. The lowest BCUT2D eigenvalue weighted by Gasteiger charge is -1.98. The summed E-state index contributed by atoms with van der Waals surface area (Å²) in [7, 11) is 1.58. The third-order valence-corrected chi connectivity index (χ3v) is 1.89. The molecule has 0 aliphatic rings. The van der Waals surface area contributed by atoms with E-state index in [0.717, 1.165) is 0 Å². The lowest BCUT2D eigenvalue weighted by Crippen LogP contribution is -2.03. The molecule has 72 valence electrons. The van der Waals surface area contributed by atoms with Gasteiger partial charge in [0.25, 0.3) is 5.88 Å². The van der Waals surface area contributed by atoms with Crippen LogP contribution in [0.15, 0.2) is 36.5 Å². The van der Waals surface area contributed by atoms with Gasteiger partial charge in [0.1, 0.15) is 6.20 Å². The Morgan fingerprint density at radius 1 is 1.29 bits per heavy atom. The molecule has 1 aromatic heterocycles. The van der Waals surface area contributed by atoms with Crippen LogP contribution in [0.25, 0.3) is 0 Å². The first-order chi connectivity index (χ1) is 6.88. The van der Waals surface area contributed by atoms with Gasteiger partial charge in [-0.2, -0.15) is 9.90 Å². The van der Waals surface area contributed by atoms with Crippen molar-refractivity contribution in [1.29, 1.82) is 0 Å². The Bertz CT molecular complexity index is 397. The minimum absolute atomic E-state index is 0.543. The molecule has 1 aromatic carbocycles. The van der Waals surface area contributed by atoms with Crippen molar-refractivity contribution in [2.24, 2.45) is 0 Å². The highest BCUT2D eigenvalue weighted by atomic mass is 16.5. The second-order valence-electron chi connectivity index (χ2n) is 2.90. The van der Waals surface area contributed by atoms with Crippen LogP contribution in [0.5, 0.6) is 5.88 Å². The molecule has 14 heavy (non-hydrogen) atoms. The quantitative estimate of drug-likeness (QED) is 0.731. The zero-order chi connectivity index (χ0) is 9.80. The van der Waals surface area contributed by atoms with Crippen LogP contribution in [0.1, 0.15) is 5.56 Å². The fraction of sp³-hybridized carbons (Fsp3) is 0.200. The van der Waals surface area contributed by atoms with Crippen molar-refractivity contribution < 1.29 is 4.74 Å². The summed E-state index contributed by atoms with van der Waals surface area (Å²) in [6, 6.07) is 10.1. The molecule has 0 bridgehead atoms. The molecule has 0 amide bonds. The van der Waals surface area contributed by atoms with Crippen LogP contribution in [0.3, 0.4) is 0 Å². The third-order valence-electron chi connectivity index (χ3n) is 1.89. The first-order valence-corrected chi connectivity index (χ1v) is 4.36. The first kappa shape index (κ1) is 8.74. The van der Waals surface area contributed by atoms with Gasteiger partial charge >= 0.3 is 0 Å². The smallest absolute Gasteiger partial charge is 0.253 e. The zero-order valence-electron chi connectivity index (χ0n) is 7.92. The molecule has 2 aromatic rings. The molecule has 4 nitrogen and oxygen atoms in total. The molecule has 0 fully saturated rings. The van der Waals surface area contributed by atoms with Crippen LogP contribution in [0.4, 0.5) is 0 Å². The average Bonchev–Trinajstić information content (AvgIpc) is 2.67. The van der Waals surface area contributed by atoms with E-state index in [9.17, 15) is 0 Å². The number of benzene rings is 1. The van der Waals surface area contributed by atoms with Crippen molar-refractivity contribution in [1.82, 2.24) is 15.0 Å². The minimum atomic E-state index is 0.543. The number of aromatic nitrogens is 3. The van der Waals surface area contributed by atoms with Gasteiger partial charge in [-0.1, -0.05) is 30.3 Å². The van der Waals surface area contributed by atoms with Crippen molar-refractivity contribution in [3.8, 4) is 5.88 Å². The number of nitrogens with zero attached hydrogens (tertiary/aromatic N) is 3. The maximum Gasteiger partial charge on any atom is 0.253 e. The van der Waals surface area contributed by atoms with Crippen molar-refractivity contribution in [3.05, 3.63) is 42.1 Å². The lowest BCUT2D eigenvalue weighted by atomic mass is 10.2. The van der Waals surface area contributed by atoms with Crippen LogP contribution in [-0.2, 0) is 6.54 Å². The minimum Gasteiger partial charge on any atom is -0.479 e. The van der Waals surface area contributed by atoms with E-state index in [2.05, 4.69) is 10.2 Å². The molecule has 0 aliphatic heterocycles. The summed E-state index contributed by atoms with van der Waals surface area (Å²) in [5.74, 6) is 0.543. The van der Waals surface area contributed by atoms with Gasteiger partial charge in [0, 0.05) is 0 Å². The summed E-state index contributed by atoms with van der Waals surface area (Å²) in [5.41, 5.74) is 1.17. The van der Waals surface area contributed by atoms with Gasteiger partial charge in [0.2, 0.25) is 0 Å². The predicted molar refractivity (Wildman–Crippen MR) is 52.1 cm³/mol. The fourth-order valence-corrected chi connectivity index (χ4v) is 1.20. The Balaban J connectivity index is 2.11. The largest absolute Gasteiger partial charge is 0.479 e. The average molecular weight is 189 g/mol. The van der Waals surface area contributed by atoms with E-state index in [1.807, 2.05) is 30.3 Å². The predicted octanol–water partition coefficient (Wildman–Crippen LogP) is 1.33. The second kappa shape index (κ2) is 3.91. The van der Waals surface area contributed by atoms with E-state index in [1.165, 1.54) is 5.56 Å². The molecule has 0 aliphatic carbocycles. The molecule has 0 saturated heterocycles. The maximum atomic E-state index is 4.94. The van der Waals surface area contributed by atoms with Gasteiger partial charge in [0.05, 0.1) is 13.7 Å². The molecule has 0 unspecified atom stereocenters. The van der Waals surface area contributed by atoms with E-state index < -0.39 is 0 Å². The van der Waals surface area contributed by atoms with Crippen molar-refractivity contribution in [3.63, 3.8) is 0 Å². The highest BCUT2D eigenvalue weighted by Crippen LogP contribution is 2.04. The second-order valence-corrected chi connectivity index (χ2v) is 2.90. The van der Waals surface area contributed by atoms with Crippen molar-refractivity contribution >= 4 is 0 Å². The molecule has 0 radical (unpaired) electrons. The van der Waals surface area contributed by atoms with Gasteiger partial charge in [-0.15, -0.1) is 5.10 Å². The summed E-state index contributed by atoms with van der Waals surface area (Å²) >= 11 is 0. The van der Waals surface area contributed by atoms with E-state index >= 15 is 0 Å². The molecule has 1 heterocycles. The SMILES string of the molecule is COc1cnn(Cc2ccccc2)n1. The summed E-state index contributed by atoms with van der Waals surface area (Å²) in [4.78, 5) is 1.61. The summed E-state index contributed by atoms with van der Waals surface area (Å²) in [5, 5.41) is 8.17. The normalized spacial score (nSPS) is 10.1. The van der Waals surface area contributed by atoms with Crippen LogP contribution in [0, 0.1) is 0 Å². The number of hydrogen-bond acceptors (Lipinski definition) is 3. The molecule has 0 N–H and O–H groups in total. The Morgan fingerprint density at radius 3 is 2.71 bits per heavy atom. The van der Waals surface area contributed by atoms with Crippen LogP contribution in [-0.4, -0.2) is 22.1 Å². The van der Waals surface area contributed by atoms with E-state index in [-0.39, 0.29) is 0 Å². The number of hydrogen-bond donors (Lipinski definition) is 0. The molecular weight excluding hydrogens is 178 g/mol. The summed E-state index contributed by atoms with van der Waals surface area (Å²) < 4.78 is 4.94. The molecule has 0 spiro atoms. The highest BCUT2D eigenvalue weighted by Gasteiger charge is 1.99. The molecular formula is C10H11N3O. The van der Waals surface area contributed by atoms with Gasteiger partial charge in [0.15, 0.2) is 0 Å². The number of methoxy groups -OCH3 is 1. The van der Waals surface area contributed by atoms with E-state index in [1.54, 1.807) is 18.1 Å². The molecule has 0 atom stereocenters. The lowest BCUT2D eigenvalue weighted by molar-refractivity contribution is 0.389. The Kier molecular flexibility index (Phi) is 2.44. The highest BCUT2D eigenvalue weighted by molar-refractivity contribution is 5.14. The van der Waals surface area contributed by atoms with Gasteiger partial charge in [-0.05, 0) is 5.56 Å². The van der Waals surface area contributed by atoms with Crippen LogP contribution >= 0.6 is 0 Å². The van der Waals surface area contributed by atoms with E-state index in [4.69, 9.17) is 4.74 Å². The molecule has 0 saturated carbocycles. The van der Waals surface area contributed by atoms with Crippen molar-refractivity contribution in [2.45, 2.75) is 6.54 Å². The van der Waals surface area contributed by atoms with Gasteiger partial charge in [-0.3, -0.25) is 0 Å². The Labute approximate surface area is 82.1 Å². The summed E-state index contributed by atoms with van der Waals surface area (Å²) in [6.45, 7) is 0.671. The number of ether oxygens (including phenoxy) is 1. The van der Waals surface area contributed by atoms with Gasteiger partial charge < -0.3 is 4.74 Å². The Morgan fingerprint density at radius 2 is 2.07 bits per heavy atom. The van der Waals surface area contributed by atoms with Crippen LogP contribution in [0.2, 0.25) is 0 Å². The van der Waals surface area contributed by atoms with Gasteiger partial charge in [-0.25, -0.2) is 0 Å². The van der Waals surface area contributed by atoms with Crippen molar-refractivity contribution in [2.75, 3.05) is 7.11 Å². The monoisotopic (exact) mass is 189 g/mol. The number of rotatable bonds is 3. The summed E-state index contributed by atoms with van der Waals surface area (Å²) in [6.07, 6.45) is 1.60.